The third-order valence-corrected chi connectivity index (χ3v) is 12.3. The van der Waals surface area contributed by atoms with Crippen LogP contribution in [0.15, 0.2) is 134 Å². The van der Waals surface area contributed by atoms with Crippen LogP contribution in [0.2, 0.25) is 0 Å². The highest BCUT2D eigenvalue weighted by Crippen LogP contribution is 2.46. The third kappa shape index (κ3) is 7.00. The van der Waals surface area contributed by atoms with Gasteiger partial charge in [-0.25, -0.2) is 9.97 Å². The van der Waals surface area contributed by atoms with Crippen molar-refractivity contribution in [1.82, 2.24) is 14.5 Å². The molecule has 314 valence electrons. The fraction of sp³-hybridized carbons (Fsp3) is 0.226. The van der Waals surface area contributed by atoms with E-state index < -0.39 is 0 Å². The Labute approximate surface area is 368 Å². The van der Waals surface area contributed by atoms with E-state index in [-0.39, 0.29) is 16.4 Å². The lowest BCUT2D eigenvalue weighted by atomic mass is 9.88. The van der Waals surface area contributed by atoms with Gasteiger partial charge in [0.1, 0.15) is 11.6 Å². The summed E-state index contributed by atoms with van der Waals surface area (Å²) < 4.78 is 15.7. The number of hydrogen-bond acceptors (Lipinski definition) is 9. The number of nitriles is 1. The molecule has 10 heteroatoms. The zero-order valence-electron chi connectivity index (χ0n) is 37.0. The first-order chi connectivity index (χ1) is 30.2. The maximum atomic E-state index is 10.9. The summed E-state index contributed by atoms with van der Waals surface area (Å²) in [4.78, 5) is 18.5. The molecular formula is C53H50N8O2. The Hall–Kier alpha value is -7.51. The fourth-order valence-corrected chi connectivity index (χ4v) is 8.88. The van der Waals surface area contributed by atoms with Gasteiger partial charge in [0.2, 0.25) is 11.8 Å². The van der Waals surface area contributed by atoms with Crippen LogP contribution in [0.3, 0.4) is 0 Å². The number of anilines is 6. The van der Waals surface area contributed by atoms with E-state index in [4.69, 9.17) is 9.47 Å². The molecule has 0 saturated heterocycles. The third-order valence-electron chi connectivity index (χ3n) is 12.3. The molecule has 0 fully saturated rings. The van der Waals surface area contributed by atoms with E-state index in [9.17, 15) is 5.26 Å². The van der Waals surface area contributed by atoms with Crippen molar-refractivity contribution in [1.29, 1.82) is 5.26 Å². The summed E-state index contributed by atoms with van der Waals surface area (Å²) in [5, 5.41) is 13.1. The summed E-state index contributed by atoms with van der Waals surface area (Å²) in [6.45, 7) is 14.3. The Balaban J connectivity index is 1.22. The molecular weight excluding hydrogens is 781 g/mol. The van der Waals surface area contributed by atoms with E-state index in [0.29, 0.717) is 36.6 Å². The molecule has 0 saturated carbocycles. The molecule has 0 aliphatic carbocycles. The highest BCUT2D eigenvalue weighted by molar-refractivity contribution is 6.11. The summed E-state index contributed by atoms with van der Waals surface area (Å²) in [6.07, 6.45) is 3.51. The summed E-state index contributed by atoms with van der Waals surface area (Å²) in [5.74, 6) is 1.41. The van der Waals surface area contributed by atoms with Crippen LogP contribution in [0, 0.1) is 11.3 Å². The second-order valence-corrected chi connectivity index (χ2v) is 18.6. The highest BCUT2D eigenvalue weighted by atomic mass is 16.5. The number of para-hydroxylation sites is 4. The van der Waals surface area contributed by atoms with E-state index >= 15 is 0 Å². The number of pyridine rings is 2. The van der Waals surface area contributed by atoms with Crippen molar-refractivity contribution in [3.8, 4) is 35.0 Å². The average molecular weight is 831 g/mol. The largest absolute Gasteiger partial charge is 0.437 e. The van der Waals surface area contributed by atoms with Gasteiger partial charge in [0.25, 0.3) is 0 Å². The number of ether oxygens (including phenoxy) is 2. The molecule has 5 heterocycles. The van der Waals surface area contributed by atoms with Crippen molar-refractivity contribution < 1.29 is 9.47 Å². The number of fused-ring (bicyclic) bond motifs is 5. The molecule has 5 aromatic carbocycles. The molecule has 10 rings (SSSR count). The first-order valence-electron chi connectivity index (χ1n) is 21.4. The van der Waals surface area contributed by atoms with Gasteiger partial charge < -0.3 is 33.6 Å². The van der Waals surface area contributed by atoms with E-state index in [1.807, 2.05) is 36.4 Å². The number of nitrogens with zero attached hydrogens (tertiary/aromatic N) is 8. The highest BCUT2D eigenvalue weighted by Gasteiger charge is 2.28. The minimum absolute atomic E-state index is 0.146. The van der Waals surface area contributed by atoms with E-state index in [1.54, 1.807) is 12.4 Å². The van der Waals surface area contributed by atoms with Crippen molar-refractivity contribution in [3.63, 3.8) is 0 Å². The Morgan fingerprint density at radius 3 is 1.37 bits per heavy atom. The van der Waals surface area contributed by atoms with Crippen molar-refractivity contribution in [3.05, 3.63) is 150 Å². The van der Waals surface area contributed by atoms with Gasteiger partial charge in [-0.2, -0.15) is 5.26 Å². The van der Waals surface area contributed by atoms with Crippen LogP contribution >= 0.6 is 0 Å². The van der Waals surface area contributed by atoms with Gasteiger partial charge in [-0.15, -0.1) is 0 Å². The molecule has 0 amide bonds. The Kier molecular flexibility index (Phi) is 9.33. The Morgan fingerprint density at radius 1 is 0.524 bits per heavy atom. The Morgan fingerprint density at radius 2 is 0.952 bits per heavy atom. The summed E-state index contributed by atoms with van der Waals surface area (Å²) in [7, 11) is 4.25. The quantitative estimate of drug-likeness (QED) is 0.156. The molecule has 8 aromatic rings. The number of hydrogen-bond donors (Lipinski definition) is 0. The summed E-state index contributed by atoms with van der Waals surface area (Å²) >= 11 is 0. The fourth-order valence-electron chi connectivity index (χ4n) is 8.88. The van der Waals surface area contributed by atoms with Gasteiger partial charge in [0.15, 0.2) is 11.5 Å². The predicted molar refractivity (Wildman–Crippen MR) is 255 cm³/mol. The lowest BCUT2D eigenvalue weighted by molar-refractivity contribution is 0.435. The molecule has 0 N–H and O–H groups in total. The monoisotopic (exact) mass is 830 g/mol. The summed E-state index contributed by atoms with van der Waals surface area (Å²) in [6, 6.07) is 44.6. The lowest BCUT2D eigenvalue weighted by Gasteiger charge is -2.22. The van der Waals surface area contributed by atoms with E-state index in [1.165, 1.54) is 11.4 Å². The Bertz CT molecular complexity index is 2940. The first kappa shape index (κ1) is 39.6. The van der Waals surface area contributed by atoms with Gasteiger partial charge in [-0.1, -0.05) is 77.9 Å². The van der Waals surface area contributed by atoms with Crippen LogP contribution in [0.4, 0.5) is 34.1 Å². The van der Waals surface area contributed by atoms with Crippen LogP contribution in [-0.4, -0.2) is 42.0 Å². The molecule has 3 aromatic heterocycles. The van der Waals surface area contributed by atoms with E-state index in [2.05, 4.69) is 181 Å². The van der Waals surface area contributed by atoms with Crippen molar-refractivity contribution in [2.75, 3.05) is 47.0 Å². The second kappa shape index (κ2) is 14.8. The van der Waals surface area contributed by atoms with Gasteiger partial charge in [0.05, 0.1) is 52.8 Å². The van der Waals surface area contributed by atoms with Crippen molar-refractivity contribution in [2.45, 2.75) is 52.4 Å². The maximum Gasteiger partial charge on any atom is 0.219 e. The summed E-state index contributed by atoms with van der Waals surface area (Å²) in [5.41, 5.74) is 11.6. The molecule has 0 unspecified atom stereocenters. The lowest BCUT2D eigenvalue weighted by Crippen LogP contribution is -2.24. The van der Waals surface area contributed by atoms with Crippen LogP contribution < -0.4 is 29.1 Å². The number of benzene rings is 5. The van der Waals surface area contributed by atoms with Crippen LogP contribution in [-0.2, 0) is 10.8 Å². The number of rotatable bonds is 7. The molecule has 0 atom stereocenters. The zero-order chi connectivity index (χ0) is 43.8. The zero-order valence-corrected chi connectivity index (χ0v) is 37.0. The van der Waals surface area contributed by atoms with Crippen LogP contribution in [0.1, 0.15) is 58.2 Å². The van der Waals surface area contributed by atoms with Gasteiger partial charge >= 0.3 is 0 Å². The van der Waals surface area contributed by atoms with Gasteiger partial charge in [-0.05, 0) is 82.6 Å². The molecule has 0 spiro atoms. The molecule has 2 aliphatic rings. The van der Waals surface area contributed by atoms with E-state index in [0.717, 1.165) is 61.4 Å². The van der Waals surface area contributed by atoms with Crippen molar-refractivity contribution in [2.24, 2.45) is 0 Å². The van der Waals surface area contributed by atoms with Crippen LogP contribution in [0.5, 0.6) is 23.3 Å². The van der Waals surface area contributed by atoms with Gasteiger partial charge in [0, 0.05) is 72.9 Å². The topological polar surface area (TPSA) is 85.9 Å². The van der Waals surface area contributed by atoms with Crippen molar-refractivity contribution >= 4 is 55.9 Å². The molecule has 0 bridgehead atoms. The second-order valence-electron chi connectivity index (χ2n) is 18.6. The average Bonchev–Trinajstić information content (AvgIpc) is 3.91. The molecule has 10 nitrogen and oxygen atoms in total. The maximum absolute atomic E-state index is 10.9. The minimum Gasteiger partial charge on any atom is -0.437 e. The SMILES string of the molecule is CN1CN(c2ccc3c4ccc(N5CN(C)c6ccccc65)cc4n(-c4cc(Oc5cc(C(C)(C)C)ccn5)c(C#N)c(Oc5cc(C(C)(C)C)ccn5)c4)c3c2)c2ccccc21. The smallest absolute Gasteiger partial charge is 0.219 e. The van der Waals surface area contributed by atoms with Gasteiger partial charge in [-0.3, -0.25) is 0 Å². The standard InChI is InChI=1S/C53H50N8O2/c1-52(2,3)34-21-23-55-50(25-34)62-48-29-38(30-49(41(48)31-54)63-51-26-35(22-24-56-51)53(4,5)6)61-46-27-36(59-32-57(7)42-13-9-11-15-44(42)59)17-19-39(46)40-20-18-37(28-47(40)61)60-33-58(8)43-14-10-12-16-45(43)60/h9-30H,32-33H2,1-8H3. The molecule has 2 aliphatic heterocycles. The first-order valence-corrected chi connectivity index (χ1v) is 21.4. The minimum atomic E-state index is -0.146. The molecule has 0 radical (unpaired) electrons. The predicted octanol–water partition coefficient (Wildman–Crippen LogP) is 12.7. The molecule has 63 heavy (non-hydrogen) atoms. The van der Waals surface area contributed by atoms with Crippen LogP contribution in [0.25, 0.3) is 27.5 Å². The normalized spacial score (nSPS) is 13.8. The number of aromatic nitrogens is 3.